The Bertz CT molecular complexity index is 359. The van der Waals surface area contributed by atoms with Gasteiger partial charge in [-0.15, -0.1) is 0 Å². The monoisotopic (exact) mass is 229 g/mol. The van der Waals surface area contributed by atoms with Gasteiger partial charge < -0.3 is 0 Å². The second-order valence-corrected chi connectivity index (χ2v) is 4.83. The lowest BCUT2D eigenvalue weighted by atomic mass is 10.3. The first kappa shape index (κ1) is 14.1. The van der Waals surface area contributed by atoms with Crippen LogP contribution in [0, 0.1) is 0 Å². The molecule has 0 fully saturated rings. The summed E-state index contributed by atoms with van der Waals surface area (Å²) in [6, 6.07) is 8.41. The highest BCUT2D eigenvalue weighted by atomic mass is 32.2. The van der Waals surface area contributed by atoms with Gasteiger partial charge in [0.05, 0.1) is 4.90 Å². The molecule has 1 aromatic rings. The zero-order valence-corrected chi connectivity index (χ0v) is 9.05. The standard InChI is InChI=1S/C10H15NO2S.CH4/c1-2-3-9-11-14(12,13)10-7-5-4-6-8-10;/h4-8,11H,2-3,9H2,1H3;1H4. The first-order valence-electron chi connectivity index (χ1n) is 4.71. The first-order valence-corrected chi connectivity index (χ1v) is 6.20. The molecule has 0 saturated carbocycles. The summed E-state index contributed by atoms with van der Waals surface area (Å²) in [5.74, 6) is 0. The van der Waals surface area contributed by atoms with E-state index in [1.165, 1.54) is 0 Å². The molecule has 86 valence electrons. The maximum atomic E-state index is 11.6. The van der Waals surface area contributed by atoms with Crippen molar-refractivity contribution in [1.29, 1.82) is 0 Å². The van der Waals surface area contributed by atoms with Crippen LogP contribution in [0.1, 0.15) is 27.2 Å². The number of hydrogen-bond acceptors (Lipinski definition) is 2. The Hall–Kier alpha value is -0.870. The highest BCUT2D eigenvalue weighted by Crippen LogP contribution is 2.06. The van der Waals surface area contributed by atoms with E-state index in [2.05, 4.69) is 4.72 Å². The van der Waals surface area contributed by atoms with Crippen LogP contribution in [-0.2, 0) is 10.0 Å². The molecule has 3 nitrogen and oxygen atoms in total. The summed E-state index contributed by atoms with van der Waals surface area (Å²) in [7, 11) is -3.28. The fourth-order valence-electron chi connectivity index (χ4n) is 1.07. The molecule has 1 N–H and O–H groups in total. The van der Waals surface area contributed by atoms with E-state index in [0.29, 0.717) is 11.4 Å². The number of nitrogens with one attached hydrogen (secondary N) is 1. The van der Waals surface area contributed by atoms with Crippen LogP contribution in [0.5, 0.6) is 0 Å². The summed E-state index contributed by atoms with van der Waals surface area (Å²) in [6.07, 6.45) is 1.85. The normalized spacial score (nSPS) is 10.7. The molecule has 4 heteroatoms. The van der Waals surface area contributed by atoms with Gasteiger partial charge in [-0.2, -0.15) is 0 Å². The van der Waals surface area contributed by atoms with E-state index in [0.717, 1.165) is 12.8 Å². The molecule has 0 aliphatic carbocycles. The summed E-state index contributed by atoms with van der Waals surface area (Å²) >= 11 is 0. The molecule has 0 unspecified atom stereocenters. The number of rotatable bonds is 5. The van der Waals surface area contributed by atoms with Crippen LogP contribution in [0.25, 0.3) is 0 Å². The van der Waals surface area contributed by atoms with Crippen molar-refractivity contribution >= 4 is 10.0 Å². The van der Waals surface area contributed by atoms with Gasteiger partial charge >= 0.3 is 0 Å². The third-order valence-corrected chi connectivity index (χ3v) is 3.35. The van der Waals surface area contributed by atoms with E-state index < -0.39 is 10.0 Å². The molecular formula is C11H19NO2S. The Morgan fingerprint density at radius 1 is 1.20 bits per heavy atom. The van der Waals surface area contributed by atoms with Crippen molar-refractivity contribution in [2.75, 3.05) is 6.54 Å². The zero-order chi connectivity index (χ0) is 10.4. The van der Waals surface area contributed by atoms with Gasteiger partial charge in [0.1, 0.15) is 0 Å². The third kappa shape index (κ3) is 4.44. The number of sulfonamides is 1. The summed E-state index contributed by atoms with van der Waals surface area (Å²) < 4.78 is 25.7. The van der Waals surface area contributed by atoms with Crippen molar-refractivity contribution in [2.45, 2.75) is 32.1 Å². The number of unbranched alkanes of at least 4 members (excludes halogenated alkanes) is 1. The molecule has 0 heterocycles. The Morgan fingerprint density at radius 3 is 2.33 bits per heavy atom. The van der Waals surface area contributed by atoms with Crippen LogP contribution >= 0.6 is 0 Å². The second-order valence-electron chi connectivity index (χ2n) is 3.06. The molecule has 0 spiro atoms. The van der Waals surface area contributed by atoms with Gasteiger partial charge in [-0.3, -0.25) is 0 Å². The lowest BCUT2D eigenvalue weighted by Crippen LogP contribution is -2.24. The molecule has 1 rings (SSSR count). The molecular weight excluding hydrogens is 210 g/mol. The molecule has 0 bridgehead atoms. The van der Waals surface area contributed by atoms with Crippen LogP contribution in [0.3, 0.4) is 0 Å². The van der Waals surface area contributed by atoms with E-state index in [9.17, 15) is 8.42 Å². The van der Waals surface area contributed by atoms with E-state index >= 15 is 0 Å². The molecule has 0 aliphatic rings. The minimum Gasteiger partial charge on any atom is -0.211 e. The molecule has 0 amide bonds. The van der Waals surface area contributed by atoms with Crippen LogP contribution in [0.15, 0.2) is 35.2 Å². The predicted octanol–water partition coefficient (Wildman–Crippen LogP) is 2.40. The first-order chi connectivity index (χ1) is 6.67. The van der Waals surface area contributed by atoms with Crippen molar-refractivity contribution in [2.24, 2.45) is 0 Å². The van der Waals surface area contributed by atoms with Gasteiger partial charge in [0.2, 0.25) is 10.0 Å². The molecule has 0 aliphatic heterocycles. The Kier molecular flexibility index (Phi) is 6.20. The van der Waals surface area contributed by atoms with Crippen molar-refractivity contribution in [1.82, 2.24) is 4.72 Å². The lowest BCUT2D eigenvalue weighted by Gasteiger charge is -2.04. The van der Waals surface area contributed by atoms with E-state index in [4.69, 9.17) is 0 Å². The predicted molar refractivity (Wildman–Crippen MR) is 63.3 cm³/mol. The van der Waals surface area contributed by atoms with Crippen molar-refractivity contribution in [3.8, 4) is 0 Å². The van der Waals surface area contributed by atoms with Crippen LogP contribution in [-0.4, -0.2) is 15.0 Å². The minimum atomic E-state index is -3.28. The van der Waals surface area contributed by atoms with Gasteiger partial charge in [-0.25, -0.2) is 13.1 Å². The fraction of sp³-hybridized carbons (Fsp3) is 0.455. The molecule has 0 atom stereocenters. The van der Waals surface area contributed by atoms with Gasteiger partial charge in [0.25, 0.3) is 0 Å². The van der Waals surface area contributed by atoms with Crippen molar-refractivity contribution in [3.63, 3.8) is 0 Å². The topological polar surface area (TPSA) is 46.2 Å². The smallest absolute Gasteiger partial charge is 0.211 e. The van der Waals surface area contributed by atoms with Crippen molar-refractivity contribution < 1.29 is 8.42 Å². The molecule has 0 aromatic heterocycles. The number of benzene rings is 1. The summed E-state index contributed by atoms with van der Waals surface area (Å²) in [6.45, 7) is 2.53. The van der Waals surface area contributed by atoms with E-state index in [1.54, 1.807) is 30.3 Å². The second kappa shape index (κ2) is 6.58. The van der Waals surface area contributed by atoms with Gasteiger partial charge in [-0.05, 0) is 18.6 Å². The molecule has 1 aromatic carbocycles. The Balaban J connectivity index is 0.00000196. The van der Waals surface area contributed by atoms with Gasteiger partial charge in [-0.1, -0.05) is 39.0 Å². The molecule has 0 radical (unpaired) electrons. The Labute approximate surface area is 92.6 Å². The highest BCUT2D eigenvalue weighted by Gasteiger charge is 2.11. The largest absolute Gasteiger partial charge is 0.240 e. The maximum Gasteiger partial charge on any atom is 0.240 e. The summed E-state index contributed by atoms with van der Waals surface area (Å²) in [5.41, 5.74) is 0. The highest BCUT2D eigenvalue weighted by molar-refractivity contribution is 7.89. The average Bonchev–Trinajstić information content (AvgIpc) is 2.19. The van der Waals surface area contributed by atoms with Gasteiger partial charge in [0, 0.05) is 6.54 Å². The van der Waals surface area contributed by atoms with Crippen LogP contribution in [0.2, 0.25) is 0 Å². The summed E-state index contributed by atoms with van der Waals surface area (Å²) in [4.78, 5) is 0.330. The maximum absolute atomic E-state index is 11.6. The van der Waals surface area contributed by atoms with E-state index in [1.807, 2.05) is 6.92 Å². The number of hydrogen-bond donors (Lipinski definition) is 1. The van der Waals surface area contributed by atoms with Crippen LogP contribution in [0.4, 0.5) is 0 Å². The van der Waals surface area contributed by atoms with Crippen LogP contribution < -0.4 is 4.72 Å². The van der Waals surface area contributed by atoms with Gasteiger partial charge in [0.15, 0.2) is 0 Å². The average molecular weight is 229 g/mol. The quantitative estimate of drug-likeness (QED) is 0.788. The molecule has 15 heavy (non-hydrogen) atoms. The lowest BCUT2D eigenvalue weighted by molar-refractivity contribution is 0.578. The zero-order valence-electron chi connectivity index (χ0n) is 8.23. The Morgan fingerprint density at radius 2 is 1.80 bits per heavy atom. The molecule has 0 saturated heterocycles. The SMILES string of the molecule is C.CCCCNS(=O)(=O)c1ccccc1. The fourth-order valence-corrected chi connectivity index (χ4v) is 2.16. The third-order valence-electron chi connectivity index (χ3n) is 1.88. The summed E-state index contributed by atoms with van der Waals surface area (Å²) in [5, 5.41) is 0. The van der Waals surface area contributed by atoms with Crippen molar-refractivity contribution in [3.05, 3.63) is 30.3 Å². The van der Waals surface area contributed by atoms with E-state index in [-0.39, 0.29) is 7.43 Å². The minimum absolute atomic E-state index is 0.